The summed E-state index contributed by atoms with van der Waals surface area (Å²) in [6.45, 7) is 5.12. The summed E-state index contributed by atoms with van der Waals surface area (Å²) in [4.78, 5) is 17.9. The van der Waals surface area contributed by atoms with E-state index in [0.29, 0.717) is 18.9 Å². The number of anilines is 1. The topological polar surface area (TPSA) is 58.8 Å². The standard InChI is InChI=1S/C29H41N3O2/c1-31(13-12-30)20-24-4-3-5-25(16-24)26-17-27(19-28(18-26)32(2)21-23-6-7-23)29(33)9-8-22-10-14-34-15-11-22/h3-5,16-19,22-23H,6-15,20-21,30H2,1-2H3. The lowest BCUT2D eigenvalue weighted by atomic mass is 9.91. The average molecular weight is 464 g/mol. The van der Waals surface area contributed by atoms with Crippen molar-refractivity contribution in [3.63, 3.8) is 0 Å². The van der Waals surface area contributed by atoms with Crippen LogP contribution < -0.4 is 10.6 Å². The summed E-state index contributed by atoms with van der Waals surface area (Å²) >= 11 is 0. The monoisotopic (exact) mass is 463 g/mol. The third kappa shape index (κ3) is 7.14. The molecule has 1 saturated heterocycles. The van der Waals surface area contributed by atoms with Crippen LogP contribution in [-0.2, 0) is 11.3 Å². The largest absolute Gasteiger partial charge is 0.381 e. The van der Waals surface area contributed by atoms with E-state index in [1.165, 1.54) is 24.0 Å². The Labute approximate surface area is 205 Å². The molecule has 0 amide bonds. The first-order valence-corrected chi connectivity index (χ1v) is 13.0. The second kappa shape index (κ2) is 12.0. The molecule has 34 heavy (non-hydrogen) atoms. The van der Waals surface area contributed by atoms with Crippen molar-refractivity contribution in [2.45, 2.75) is 45.1 Å². The Hall–Kier alpha value is -2.21. The van der Waals surface area contributed by atoms with Gasteiger partial charge < -0.3 is 20.3 Å². The van der Waals surface area contributed by atoms with E-state index >= 15 is 0 Å². The highest BCUT2D eigenvalue weighted by Gasteiger charge is 2.24. The van der Waals surface area contributed by atoms with E-state index in [1.807, 2.05) is 0 Å². The molecule has 0 unspecified atom stereocenters. The number of hydrogen-bond donors (Lipinski definition) is 1. The van der Waals surface area contributed by atoms with Gasteiger partial charge >= 0.3 is 0 Å². The Morgan fingerprint density at radius 3 is 2.53 bits per heavy atom. The summed E-state index contributed by atoms with van der Waals surface area (Å²) in [5.41, 5.74) is 11.3. The number of nitrogens with zero attached hydrogens (tertiary/aromatic N) is 2. The Kier molecular flexibility index (Phi) is 8.76. The van der Waals surface area contributed by atoms with Gasteiger partial charge in [0.15, 0.2) is 5.78 Å². The Morgan fingerprint density at radius 1 is 1.00 bits per heavy atom. The zero-order valence-electron chi connectivity index (χ0n) is 21.0. The van der Waals surface area contributed by atoms with E-state index in [9.17, 15) is 4.79 Å². The number of benzene rings is 2. The molecule has 5 heteroatoms. The summed E-state index contributed by atoms with van der Waals surface area (Å²) < 4.78 is 5.48. The van der Waals surface area contributed by atoms with Crippen molar-refractivity contribution in [2.75, 3.05) is 51.8 Å². The SMILES string of the molecule is CN(CCN)Cc1cccc(-c2cc(C(=O)CCC3CCOCC3)cc(N(C)CC3CC3)c2)c1. The lowest BCUT2D eigenvalue weighted by Gasteiger charge is -2.23. The lowest BCUT2D eigenvalue weighted by Crippen LogP contribution is -2.24. The molecule has 1 heterocycles. The van der Waals surface area contributed by atoms with Crippen LogP contribution >= 0.6 is 0 Å². The first-order valence-electron chi connectivity index (χ1n) is 13.0. The van der Waals surface area contributed by atoms with Crippen molar-refractivity contribution in [2.24, 2.45) is 17.6 Å². The molecular weight excluding hydrogens is 422 g/mol. The molecule has 0 atom stereocenters. The zero-order valence-corrected chi connectivity index (χ0v) is 21.0. The van der Waals surface area contributed by atoms with Crippen molar-refractivity contribution in [3.05, 3.63) is 53.6 Å². The molecule has 2 aromatic carbocycles. The number of ether oxygens (including phenoxy) is 1. The second-order valence-electron chi connectivity index (χ2n) is 10.3. The molecule has 0 spiro atoms. The molecule has 1 saturated carbocycles. The van der Waals surface area contributed by atoms with Gasteiger partial charge in [0.25, 0.3) is 0 Å². The third-order valence-corrected chi connectivity index (χ3v) is 7.25. The van der Waals surface area contributed by atoms with Crippen LogP contribution in [0.4, 0.5) is 5.69 Å². The quantitative estimate of drug-likeness (QED) is 0.450. The maximum absolute atomic E-state index is 13.3. The number of carbonyl (C=O) groups is 1. The van der Waals surface area contributed by atoms with Crippen molar-refractivity contribution in [1.29, 1.82) is 0 Å². The van der Waals surface area contributed by atoms with E-state index in [1.54, 1.807) is 0 Å². The molecule has 1 aliphatic heterocycles. The van der Waals surface area contributed by atoms with Crippen LogP contribution in [-0.4, -0.2) is 57.6 Å². The fraction of sp³-hybridized carbons (Fsp3) is 0.552. The van der Waals surface area contributed by atoms with E-state index in [4.69, 9.17) is 10.5 Å². The van der Waals surface area contributed by atoms with Crippen molar-refractivity contribution in [1.82, 2.24) is 4.90 Å². The lowest BCUT2D eigenvalue weighted by molar-refractivity contribution is 0.0619. The molecular formula is C29H41N3O2. The first-order chi connectivity index (χ1) is 16.5. The molecule has 2 aromatic rings. The Balaban J connectivity index is 1.56. The molecule has 184 valence electrons. The summed E-state index contributed by atoms with van der Waals surface area (Å²) in [5.74, 6) is 1.66. The number of carbonyl (C=O) groups excluding carboxylic acids is 1. The molecule has 0 bridgehead atoms. The Morgan fingerprint density at radius 2 is 1.79 bits per heavy atom. The summed E-state index contributed by atoms with van der Waals surface area (Å²) in [5, 5.41) is 0. The van der Waals surface area contributed by atoms with Gasteiger partial charge in [-0.3, -0.25) is 4.79 Å². The van der Waals surface area contributed by atoms with E-state index in [2.05, 4.69) is 66.4 Å². The smallest absolute Gasteiger partial charge is 0.162 e. The number of Topliss-reactive ketones (excluding diaryl/α,β-unsaturated/α-hetero) is 1. The van der Waals surface area contributed by atoms with Crippen molar-refractivity contribution < 1.29 is 9.53 Å². The van der Waals surface area contributed by atoms with Gasteiger partial charge in [-0.05, 0) is 91.9 Å². The molecule has 0 aromatic heterocycles. The van der Waals surface area contributed by atoms with Gasteiger partial charge in [0.1, 0.15) is 0 Å². The number of rotatable bonds is 12. The molecule has 0 radical (unpaired) electrons. The fourth-order valence-corrected chi connectivity index (χ4v) is 4.93. The second-order valence-corrected chi connectivity index (χ2v) is 10.3. The predicted octanol–water partition coefficient (Wildman–Crippen LogP) is 4.98. The predicted molar refractivity (Wildman–Crippen MR) is 140 cm³/mol. The van der Waals surface area contributed by atoms with Crippen LogP contribution in [0.25, 0.3) is 11.1 Å². The van der Waals surface area contributed by atoms with Crippen LogP contribution in [0.2, 0.25) is 0 Å². The van der Waals surface area contributed by atoms with E-state index < -0.39 is 0 Å². The summed E-state index contributed by atoms with van der Waals surface area (Å²) in [6, 6.07) is 15.2. The van der Waals surface area contributed by atoms with Crippen LogP contribution in [0.5, 0.6) is 0 Å². The molecule has 2 aliphatic rings. The fourth-order valence-electron chi connectivity index (χ4n) is 4.93. The first kappa shape index (κ1) is 24.9. The maximum Gasteiger partial charge on any atom is 0.162 e. The van der Waals surface area contributed by atoms with Gasteiger partial charge in [-0.1, -0.05) is 18.2 Å². The summed E-state index contributed by atoms with van der Waals surface area (Å²) in [7, 11) is 4.26. The number of hydrogen-bond acceptors (Lipinski definition) is 5. The molecule has 4 rings (SSSR count). The van der Waals surface area contributed by atoms with Gasteiger partial charge in [-0.2, -0.15) is 0 Å². The minimum absolute atomic E-state index is 0.258. The number of nitrogens with two attached hydrogens (primary N) is 1. The molecule has 1 aliphatic carbocycles. The highest BCUT2D eigenvalue weighted by Crippen LogP contribution is 2.33. The normalized spacial score (nSPS) is 16.7. The molecule has 5 nitrogen and oxygen atoms in total. The average Bonchev–Trinajstić information content (AvgIpc) is 3.67. The third-order valence-electron chi connectivity index (χ3n) is 7.25. The van der Waals surface area contributed by atoms with Crippen LogP contribution in [0.15, 0.2) is 42.5 Å². The minimum atomic E-state index is 0.258. The Bertz CT molecular complexity index is 950. The van der Waals surface area contributed by atoms with Gasteiger partial charge in [0, 0.05) is 64.1 Å². The summed E-state index contributed by atoms with van der Waals surface area (Å²) in [6.07, 6.45) is 6.37. The highest BCUT2D eigenvalue weighted by molar-refractivity contribution is 5.98. The van der Waals surface area contributed by atoms with Gasteiger partial charge in [0.05, 0.1) is 0 Å². The van der Waals surface area contributed by atoms with E-state index in [-0.39, 0.29) is 5.78 Å². The van der Waals surface area contributed by atoms with Crippen LogP contribution in [0, 0.1) is 11.8 Å². The molecule has 2 N–H and O–H groups in total. The van der Waals surface area contributed by atoms with Crippen molar-refractivity contribution >= 4 is 11.5 Å². The van der Waals surface area contributed by atoms with Gasteiger partial charge in [0.2, 0.25) is 0 Å². The molecule has 2 fully saturated rings. The zero-order chi connectivity index (χ0) is 23.9. The van der Waals surface area contributed by atoms with E-state index in [0.717, 1.165) is 74.8 Å². The van der Waals surface area contributed by atoms with Gasteiger partial charge in [-0.25, -0.2) is 0 Å². The van der Waals surface area contributed by atoms with Crippen LogP contribution in [0.1, 0.15) is 54.4 Å². The van der Waals surface area contributed by atoms with Crippen LogP contribution in [0.3, 0.4) is 0 Å². The highest BCUT2D eigenvalue weighted by atomic mass is 16.5. The number of likely N-dealkylation sites (N-methyl/N-ethyl adjacent to an activating group) is 1. The maximum atomic E-state index is 13.3. The number of ketones is 1. The van der Waals surface area contributed by atoms with Gasteiger partial charge in [-0.15, -0.1) is 0 Å². The van der Waals surface area contributed by atoms with Crippen molar-refractivity contribution in [3.8, 4) is 11.1 Å². The minimum Gasteiger partial charge on any atom is -0.381 e.